The lowest BCUT2D eigenvalue weighted by atomic mass is 10.3. The van der Waals surface area contributed by atoms with Gasteiger partial charge in [-0.15, -0.1) is 0 Å². The third-order valence-corrected chi connectivity index (χ3v) is 2.42. The van der Waals surface area contributed by atoms with E-state index in [0.717, 1.165) is 16.4 Å². The summed E-state index contributed by atoms with van der Waals surface area (Å²) in [5, 5.41) is 0. The first kappa shape index (κ1) is 9.15. The van der Waals surface area contributed by atoms with Crippen LogP contribution in [0.2, 0.25) is 0 Å². The predicted molar refractivity (Wildman–Crippen MR) is 56.7 cm³/mol. The van der Waals surface area contributed by atoms with Crippen molar-refractivity contribution >= 4 is 22.2 Å². The average Bonchev–Trinajstić information content (AvgIpc) is 2.67. The molecule has 0 atom stereocenters. The Kier molecular flexibility index (Phi) is 2.45. The Hall–Kier alpha value is -1.42. The van der Waals surface area contributed by atoms with Gasteiger partial charge in [-0.05, 0) is 24.3 Å². The number of aldehydes is 1. The fraction of sp³-hybridized carbons (Fsp3) is 0. The average molecular weight is 251 g/mol. The lowest BCUT2D eigenvalue weighted by molar-refractivity contribution is 0.111. The quantitative estimate of drug-likeness (QED) is 0.768. The van der Waals surface area contributed by atoms with Gasteiger partial charge in [-0.25, -0.2) is 4.98 Å². The van der Waals surface area contributed by atoms with Crippen molar-refractivity contribution in [1.29, 1.82) is 0 Å². The molecule has 1 aromatic heterocycles. The first-order valence-electron chi connectivity index (χ1n) is 4.05. The molecule has 0 saturated heterocycles. The number of imidazole rings is 1. The van der Waals surface area contributed by atoms with E-state index in [-0.39, 0.29) is 0 Å². The molecule has 2 rings (SSSR count). The summed E-state index contributed by atoms with van der Waals surface area (Å²) in [7, 11) is 0. The molecule has 0 aliphatic carbocycles. The highest BCUT2D eigenvalue weighted by molar-refractivity contribution is 9.10. The minimum atomic E-state index is 0.548. The van der Waals surface area contributed by atoms with Crippen molar-refractivity contribution in [3.8, 4) is 5.69 Å². The number of carbonyl (C=O) groups is 1. The van der Waals surface area contributed by atoms with E-state index in [4.69, 9.17) is 0 Å². The van der Waals surface area contributed by atoms with E-state index in [1.165, 1.54) is 6.20 Å². The molecule has 0 aliphatic heterocycles. The minimum Gasteiger partial charge on any atom is -0.296 e. The van der Waals surface area contributed by atoms with Crippen LogP contribution in [-0.2, 0) is 0 Å². The molecule has 2 aromatic rings. The molecule has 0 fully saturated rings. The maximum Gasteiger partial charge on any atom is 0.168 e. The maximum absolute atomic E-state index is 10.7. The number of carbonyl (C=O) groups excluding carboxylic acids is 1. The van der Waals surface area contributed by atoms with E-state index in [1.54, 1.807) is 10.9 Å². The lowest BCUT2D eigenvalue weighted by Gasteiger charge is -2.03. The lowest BCUT2D eigenvalue weighted by Crippen LogP contribution is -1.96. The maximum atomic E-state index is 10.7. The first-order valence-corrected chi connectivity index (χ1v) is 4.84. The van der Waals surface area contributed by atoms with Gasteiger partial charge >= 0.3 is 0 Å². The molecule has 70 valence electrons. The van der Waals surface area contributed by atoms with Crippen LogP contribution >= 0.6 is 15.9 Å². The summed E-state index contributed by atoms with van der Waals surface area (Å²) >= 11 is 3.35. The summed E-state index contributed by atoms with van der Waals surface area (Å²) in [6.07, 6.45) is 3.94. The minimum absolute atomic E-state index is 0.548. The largest absolute Gasteiger partial charge is 0.296 e. The summed E-state index contributed by atoms with van der Waals surface area (Å²) in [5.74, 6) is 0. The second kappa shape index (κ2) is 3.75. The molecule has 1 heterocycles. The summed E-state index contributed by atoms with van der Waals surface area (Å²) in [6, 6.07) is 7.67. The number of hydrogen-bond donors (Lipinski definition) is 0. The van der Waals surface area contributed by atoms with Gasteiger partial charge in [0.2, 0.25) is 0 Å². The van der Waals surface area contributed by atoms with E-state index in [0.29, 0.717) is 5.69 Å². The monoisotopic (exact) mass is 250 g/mol. The van der Waals surface area contributed by atoms with Gasteiger partial charge in [0.1, 0.15) is 5.69 Å². The standard InChI is InChI=1S/C10H7BrN2O/c11-8-1-3-9(4-2-8)13-7-12-5-10(13)6-14/h1-7H. The first-order chi connectivity index (χ1) is 6.81. The zero-order valence-electron chi connectivity index (χ0n) is 7.22. The van der Waals surface area contributed by atoms with Crippen LogP contribution in [0.3, 0.4) is 0 Å². The Morgan fingerprint density at radius 1 is 1.29 bits per heavy atom. The second-order valence-corrected chi connectivity index (χ2v) is 3.70. The Bertz CT molecular complexity index is 447. The Morgan fingerprint density at radius 3 is 2.64 bits per heavy atom. The zero-order valence-corrected chi connectivity index (χ0v) is 8.81. The van der Waals surface area contributed by atoms with E-state index < -0.39 is 0 Å². The van der Waals surface area contributed by atoms with Crippen LogP contribution in [0.1, 0.15) is 10.5 Å². The Morgan fingerprint density at radius 2 is 2.00 bits per heavy atom. The fourth-order valence-electron chi connectivity index (χ4n) is 1.21. The summed E-state index contributed by atoms with van der Waals surface area (Å²) in [6.45, 7) is 0. The number of hydrogen-bond acceptors (Lipinski definition) is 2. The zero-order chi connectivity index (χ0) is 9.97. The molecular weight excluding hydrogens is 244 g/mol. The highest BCUT2D eigenvalue weighted by Gasteiger charge is 2.01. The summed E-state index contributed by atoms with van der Waals surface area (Å²) in [5.41, 5.74) is 1.47. The molecule has 3 nitrogen and oxygen atoms in total. The van der Waals surface area contributed by atoms with Crippen molar-refractivity contribution in [1.82, 2.24) is 9.55 Å². The Balaban J connectivity index is 2.49. The van der Waals surface area contributed by atoms with Crippen molar-refractivity contribution in [3.05, 3.63) is 47.0 Å². The molecule has 0 aliphatic rings. The van der Waals surface area contributed by atoms with E-state index in [2.05, 4.69) is 20.9 Å². The van der Waals surface area contributed by atoms with Gasteiger partial charge in [0.15, 0.2) is 6.29 Å². The molecule has 14 heavy (non-hydrogen) atoms. The fourth-order valence-corrected chi connectivity index (χ4v) is 1.47. The van der Waals surface area contributed by atoms with Crippen LogP contribution in [0.5, 0.6) is 0 Å². The van der Waals surface area contributed by atoms with E-state index in [1.807, 2.05) is 24.3 Å². The summed E-state index contributed by atoms with van der Waals surface area (Å²) in [4.78, 5) is 14.6. The van der Waals surface area contributed by atoms with Gasteiger partial charge < -0.3 is 0 Å². The predicted octanol–water partition coefficient (Wildman–Crippen LogP) is 2.45. The van der Waals surface area contributed by atoms with Crippen molar-refractivity contribution in [2.24, 2.45) is 0 Å². The number of rotatable bonds is 2. The van der Waals surface area contributed by atoms with Crippen LogP contribution < -0.4 is 0 Å². The van der Waals surface area contributed by atoms with Crippen LogP contribution in [0.4, 0.5) is 0 Å². The van der Waals surface area contributed by atoms with E-state index in [9.17, 15) is 4.79 Å². The van der Waals surface area contributed by atoms with Gasteiger partial charge in [0.05, 0.1) is 12.5 Å². The Labute approximate surface area is 89.5 Å². The van der Waals surface area contributed by atoms with Crippen molar-refractivity contribution < 1.29 is 4.79 Å². The third kappa shape index (κ3) is 1.61. The summed E-state index contributed by atoms with van der Waals surface area (Å²) < 4.78 is 2.74. The van der Waals surface area contributed by atoms with Crippen molar-refractivity contribution in [2.45, 2.75) is 0 Å². The smallest absolute Gasteiger partial charge is 0.168 e. The van der Waals surface area contributed by atoms with Gasteiger partial charge in [-0.1, -0.05) is 15.9 Å². The van der Waals surface area contributed by atoms with Gasteiger partial charge in [0, 0.05) is 10.2 Å². The normalized spacial score (nSPS) is 10.1. The topological polar surface area (TPSA) is 34.9 Å². The molecule has 0 radical (unpaired) electrons. The molecule has 4 heteroatoms. The highest BCUT2D eigenvalue weighted by atomic mass is 79.9. The molecule has 0 saturated carbocycles. The van der Waals surface area contributed by atoms with Crippen LogP contribution in [0, 0.1) is 0 Å². The number of halogens is 1. The third-order valence-electron chi connectivity index (χ3n) is 1.89. The molecule has 0 spiro atoms. The van der Waals surface area contributed by atoms with E-state index >= 15 is 0 Å². The second-order valence-electron chi connectivity index (χ2n) is 2.78. The molecule has 0 unspecified atom stereocenters. The number of benzene rings is 1. The van der Waals surface area contributed by atoms with Crippen molar-refractivity contribution in [2.75, 3.05) is 0 Å². The van der Waals surface area contributed by atoms with Crippen LogP contribution in [-0.4, -0.2) is 15.8 Å². The molecule has 0 N–H and O–H groups in total. The van der Waals surface area contributed by atoms with Gasteiger partial charge in [-0.3, -0.25) is 9.36 Å². The number of aromatic nitrogens is 2. The highest BCUT2D eigenvalue weighted by Crippen LogP contribution is 2.14. The van der Waals surface area contributed by atoms with Crippen molar-refractivity contribution in [3.63, 3.8) is 0 Å². The molecule has 0 amide bonds. The molecule has 0 bridgehead atoms. The number of nitrogens with zero attached hydrogens (tertiary/aromatic N) is 2. The molecule has 1 aromatic carbocycles. The van der Waals surface area contributed by atoms with Gasteiger partial charge in [-0.2, -0.15) is 0 Å². The molecular formula is C10H7BrN2O. The SMILES string of the molecule is O=Cc1cncn1-c1ccc(Br)cc1. The van der Waals surface area contributed by atoms with Crippen LogP contribution in [0.15, 0.2) is 41.3 Å². The van der Waals surface area contributed by atoms with Crippen LogP contribution in [0.25, 0.3) is 5.69 Å². The van der Waals surface area contributed by atoms with Gasteiger partial charge in [0.25, 0.3) is 0 Å².